The Kier molecular flexibility index (Phi) is 6.23. The molecule has 0 N–H and O–H groups in total. The number of hydrogen-bond acceptors (Lipinski definition) is 6. The van der Waals surface area contributed by atoms with Gasteiger partial charge in [0.25, 0.3) is 0 Å². The molecule has 2 aliphatic heterocycles. The van der Waals surface area contributed by atoms with Crippen molar-refractivity contribution in [3.63, 3.8) is 0 Å². The number of hydrogen-bond donors (Lipinski definition) is 0. The van der Waals surface area contributed by atoms with Gasteiger partial charge in [-0.15, -0.1) is 10.2 Å². The predicted octanol–water partition coefficient (Wildman–Crippen LogP) is 3.59. The highest BCUT2D eigenvalue weighted by Crippen LogP contribution is 2.28. The second kappa shape index (κ2) is 8.84. The molecular weight excluding hydrogens is 375 g/mol. The second-order valence-electron chi connectivity index (χ2n) is 8.19. The fourth-order valence-electron chi connectivity index (χ4n) is 4.33. The van der Waals surface area contributed by atoms with Crippen molar-refractivity contribution in [1.82, 2.24) is 15.1 Å². The number of benzene rings is 1. The average Bonchev–Trinajstić information content (AvgIpc) is 3.12. The van der Waals surface area contributed by atoms with Gasteiger partial charge in [-0.1, -0.05) is 23.5 Å². The summed E-state index contributed by atoms with van der Waals surface area (Å²) in [5.74, 6) is 0.547. The van der Waals surface area contributed by atoms with Crippen LogP contribution in [0.1, 0.15) is 37.3 Å². The monoisotopic (exact) mass is 404 g/mol. The number of nitrogens with zero attached hydrogens (tertiary/aromatic N) is 4. The van der Waals surface area contributed by atoms with E-state index in [9.17, 15) is 4.39 Å². The van der Waals surface area contributed by atoms with Crippen LogP contribution in [-0.4, -0.2) is 60.0 Å². The standard InChI is InChI=1S/C21H29FN4OS/c1-15-12-25(13-16(2)27-15)14-18-7-9-26(10-8-18)21-24-23-20(28-21)11-17-3-5-19(22)6-4-17/h3-6,15-16,18H,7-14H2,1-2H3. The third kappa shape index (κ3) is 5.07. The zero-order valence-corrected chi connectivity index (χ0v) is 17.5. The quantitative estimate of drug-likeness (QED) is 0.762. The summed E-state index contributed by atoms with van der Waals surface area (Å²) in [6.07, 6.45) is 3.79. The number of halogens is 1. The Balaban J connectivity index is 1.27. The van der Waals surface area contributed by atoms with Crippen LogP contribution in [0.3, 0.4) is 0 Å². The molecule has 0 bridgehead atoms. The largest absolute Gasteiger partial charge is 0.373 e. The van der Waals surface area contributed by atoms with Crippen molar-refractivity contribution in [1.29, 1.82) is 0 Å². The Morgan fingerprint density at radius 1 is 1.07 bits per heavy atom. The van der Waals surface area contributed by atoms with E-state index in [1.807, 2.05) is 12.1 Å². The summed E-state index contributed by atoms with van der Waals surface area (Å²) in [7, 11) is 0. The topological polar surface area (TPSA) is 41.5 Å². The first kappa shape index (κ1) is 19.7. The summed E-state index contributed by atoms with van der Waals surface area (Å²) >= 11 is 1.66. The van der Waals surface area contributed by atoms with Gasteiger partial charge in [-0.25, -0.2) is 4.39 Å². The van der Waals surface area contributed by atoms with Crippen LogP contribution in [0.25, 0.3) is 0 Å². The second-order valence-corrected chi connectivity index (χ2v) is 9.23. The van der Waals surface area contributed by atoms with Crippen LogP contribution in [0, 0.1) is 11.7 Å². The molecular formula is C21H29FN4OS. The van der Waals surface area contributed by atoms with Gasteiger partial charge in [-0.05, 0) is 50.3 Å². The Labute approximate surface area is 170 Å². The van der Waals surface area contributed by atoms with E-state index in [1.165, 1.54) is 31.5 Å². The number of anilines is 1. The molecule has 0 amide bonds. The van der Waals surface area contributed by atoms with Crippen molar-refractivity contribution in [2.75, 3.05) is 37.6 Å². The van der Waals surface area contributed by atoms with E-state index in [1.54, 1.807) is 11.3 Å². The lowest BCUT2D eigenvalue weighted by atomic mass is 9.96. The van der Waals surface area contributed by atoms with Crippen LogP contribution in [0.2, 0.25) is 0 Å². The molecule has 4 rings (SSSR count). The van der Waals surface area contributed by atoms with Crippen LogP contribution in [-0.2, 0) is 11.2 Å². The summed E-state index contributed by atoms with van der Waals surface area (Å²) in [5, 5.41) is 10.8. The molecule has 2 atom stereocenters. The van der Waals surface area contributed by atoms with Crippen LogP contribution in [0.5, 0.6) is 0 Å². The Morgan fingerprint density at radius 3 is 2.43 bits per heavy atom. The maximum absolute atomic E-state index is 13.0. The van der Waals surface area contributed by atoms with Crippen molar-refractivity contribution in [3.8, 4) is 0 Å². The molecule has 2 fully saturated rings. The molecule has 0 aliphatic carbocycles. The van der Waals surface area contributed by atoms with E-state index in [-0.39, 0.29) is 5.82 Å². The van der Waals surface area contributed by atoms with E-state index in [2.05, 4.69) is 33.8 Å². The lowest BCUT2D eigenvalue weighted by Crippen LogP contribution is -2.48. The molecule has 28 heavy (non-hydrogen) atoms. The molecule has 0 radical (unpaired) electrons. The van der Waals surface area contributed by atoms with E-state index >= 15 is 0 Å². The normalized spacial score (nSPS) is 24.6. The van der Waals surface area contributed by atoms with Gasteiger partial charge in [0.15, 0.2) is 0 Å². The fourth-order valence-corrected chi connectivity index (χ4v) is 5.25. The minimum absolute atomic E-state index is 0.203. The zero-order valence-electron chi connectivity index (χ0n) is 16.7. The summed E-state index contributed by atoms with van der Waals surface area (Å²) in [6.45, 7) is 9.71. The SMILES string of the molecule is CC1CN(CC2CCN(c3nnc(Cc4ccc(F)cc4)s3)CC2)CC(C)O1. The molecule has 0 saturated carbocycles. The fraction of sp³-hybridized carbons (Fsp3) is 0.619. The first-order chi connectivity index (χ1) is 13.5. The van der Waals surface area contributed by atoms with E-state index in [0.717, 1.165) is 47.8 Å². The molecule has 3 heterocycles. The van der Waals surface area contributed by atoms with Crippen molar-refractivity contribution in [2.24, 2.45) is 5.92 Å². The highest BCUT2D eigenvalue weighted by Gasteiger charge is 2.27. The third-order valence-corrected chi connectivity index (χ3v) is 6.61. The molecule has 2 aromatic rings. The molecule has 0 spiro atoms. The van der Waals surface area contributed by atoms with E-state index < -0.39 is 0 Å². The smallest absolute Gasteiger partial charge is 0.208 e. The summed E-state index contributed by atoms with van der Waals surface area (Å²) < 4.78 is 18.9. The van der Waals surface area contributed by atoms with Crippen molar-refractivity contribution in [2.45, 2.75) is 45.3 Å². The van der Waals surface area contributed by atoms with Crippen LogP contribution >= 0.6 is 11.3 Å². The van der Waals surface area contributed by atoms with Crippen molar-refractivity contribution < 1.29 is 9.13 Å². The summed E-state index contributed by atoms with van der Waals surface area (Å²) in [6, 6.07) is 6.63. The number of ether oxygens (including phenoxy) is 1. The number of morpholine rings is 1. The maximum Gasteiger partial charge on any atom is 0.208 e. The van der Waals surface area contributed by atoms with Gasteiger partial charge in [0.1, 0.15) is 10.8 Å². The first-order valence-electron chi connectivity index (χ1n) is 10.2. The molecule has 1 aromatic carbocycles. The number of aromatic nitrogens is 2. The Morgan fingerprint density at radius 2 is 1.75 bits per heavy atom. The van der Waals surface area contributed by atoms with E-state index in [4.69, 9.17) is 4.74 Å². The minimum Gasteiger partial charge on any atom is -0.373 e. The van der Waals surface area contributed by atoms with Gasteiger partial charge in [0, 0.05) is 39.1 Å². The van der Waals surface area contributed by atoms with Gasteiger partial charge in [0.05, 0.1) is 12.2 Å². The van der Waals surface area contributed by atoms with Crippen LogP contribution in [0.15, 0.2) is 24.3 Å². The van der Waals surface area contributed by atoms with Crippen molar-refractivity contribution in [3.05, 3.63) is 40.7 Å². The lowest BCUT2D eigenvalue weighted by Gasteiger charge is -2.39. The highest BCUT2D eigenvalue weighted by atomic mass is 32.1. The van der Waals surface area contributed by atoms with Gasteiger partial charge in [-0.3, -0.25) is 4.90 Å². The van der Waals surface area contributed by atoms with E-state index in [0.29, 0.717) is 18.6 Å². The number of piperidine rings is 1. The third-order valence-electron chi connectivity index (χ3n) is 5.62. The van der Waals surface area contributed by atoms with Crippen LogP contribution < -0.4 is 4.90 Å². The number of rotatable bonds is 5. The Hall–Kier alpha value is -1.57. The lowest BCUT2D eigenvalue weighted by molar-refractivity contribution is -0.0720. The predicted molar refractivity (Wildman–Crippen MR) is 111 cm³/mol. The molecule has 2 saturated heterocycles. The van der Waals surface area contributed by atoms with Gasteiger partial charge in [0.2, 0.25) is 5.13 Å². The highest BCUT2D eigenvalue weighted by molar-refractivity contribution is 7.15. The molecule has 1 aromatic heterocycles. The maximum atomic E-state index is 13.0. The summed E-state index contributed by atoms with van der Waals surface area (Å²) in [5.41, 5.74) is 1.07. The summed E-state index contributed by atoms with van der Waals surface area (Å²) in [4.78, 5) is 4.94. The average molecular weight is 405 g/mol. The molecule has 2 unspecified atom stereocenters. The van der Waals surface area contributed by atoms with Crippen LogP contribution in [0.4, 0.5) is 9.52 Å². The Bertz CT molecular complexity index is 750. The molecule has 7 heteroatoms. The van der Waals surface area contributed by atoms with Gasteiger partial charge >= 0.3 is 0 Å². The molecule has 2 aliphatic rings. The molecule has 152 valence electrons. The van der Waals surface area contributed by atoms with Gasteiger partial charge in [-0.2, -0.15) is 0 Å². The first-order valence-corrected chi connectivity index (χ1v) is 11.1. The molecule has 5 nitrogen and oxygen atoms in total. The minimum atomic E-state index is -0.203. The van der Waals surface area contributed by atoms with Crippen molar-refractivity contribution >= 4 is 16.5 Å². The zero-order chi connectivity index (χ0) is 19.5. The van der Waals surface area contributed by atoms with Gasteiger partial charge < -0.3 is 9.64 Å².